The van der Waals surface area contributed by atoms with Crippen LogP contribution in [0.3, 0.4) is 0 Å². The SMILES string of the molecule is COCCCN1C(=O)C(c2ccc(Cl)cc2Cl)=C(N2CCc3ccccc3C2)C1=O. The van der Waals surface area contributed by atoms with Crippen molar-refractivity contribution in [1.29, 1.82) is 0 Å². The molecule has 2 aromatic rings. The van der Waals surface area contributed by atoms with Crippen LogP contribution in [0.15, 0.2) is 48.2 Å². The van der Waals surface area contributed by atoms with E-state index < -0.39 is 0 Å². The third-order valence-corrected chi connectivity index (χ3v) is 6.07. The number of nitrogens with zero attached hydrogens (tertiary/aromatic N) is 2. The van der Waals surface area contributed by atoms with Gasteiger partial charge in [0, 0.05) is 43.9 Å². The molecule has 0 N–H and O–H groups in total. The smallest absolute Gasteiger partial charge is 0.277 e. The minimum atomic E-state index is -0.325. The first-order chi connectivity index (χ1) is 14.5. The van der Waals surface area contributed by atoms with Crippen LogP contribution in [-0.2, 0) is 27.3 Å². The first kappa shape index (κ1) is 20.9. The minimum absolute atomic E-state index is 0.281. The summed E-state index contributed by atoms with van der Waals surface area (Å²) in [5.41, 5.74) is 3.72. The minimum Gasteiger partial charge on any atom is -0.385 e. The Balaban J connectivity index is 1.76. The summed E-state index contributed by atoms with van der Waals surface area (Å²) in [6.45, 7) is 2.01. The van der Waals surface area contributed by atoms with Gasteiger partial charge in [0.15, 0.2) is 0 Å². The van der Waals surface area contributed by atoms with Crippen LogP contribution in [0.25, 0.3) is 5.57 Å². The number of ether oxygens (including phenoxy) is 1. The third-order valence-electron chi connectivity index (χ3n) is 5.52. The Kier molecular flexibility index (Phi) is 6.14. The molecule has 0 saturated carbocycles. The van der Waals surface area contributed by atoms with Crippen LogP contribution in [-0.4, -0.2) is 48.4 Å². The number of carbonyl (C=O) groups is 2. The Hall–Kier alpha value is -2.34. The molecule has 2 amide bonds. The normalized spacial score (nSPS) is 16.5. The Morgan fingerprint density at radius 1 is 1.03 bits per heavy atom. The molecule has 0 radical (unpaired) electrons. The van der Waals surface area contributed by atoms with Gasteiger partial charge in [-0.2, -0.15) is 0 Å². The van der Waals surface area contributed by atoms with E-state index in [0.717, 1.165) is 12.0 Å². The molecule has 4 rings (SSSR count). The lowest BCUT2D eigenvalue weighted by Gasteiger charge is -2.31. The summed E-state index contributed by atoms with van der Waals surface area (Å²) in [7, 11) is 1.60. The molecule has 2 heterocycles. The maximum absolute atomic E-state index is 13.4. The summed E-state index contributed by atoms with van der Waals surface area (Å²) in [6, 6.07) is 13.2. The molecule has 30 heavy (non-hydrogen) atoms. The van der Waals surface area contributed by atoms with E-state index in [1.807, 2.05) is 17.0 Å². The van der Waals surface area contributed by atoms with Gasteiger partial charge in [-0.3, -0.25) is 14.5 Å². The number of fused-ring (bicyclic) bond motifs is 1. The van der Waals surface area contributed by atoms with E-state index in [2.05, 4.69) is 12.1 Å². The number of benzene rings is 2. The fourth-order valence-electron chi connectivity index (χ4n) is 4.05. The van der Waals surface area contributed by atoms with Crippen LogP contribution in [0.1, 0.15) is 23.1 Å². The molecule has 2 aromatic carbocycles. The summed E-state index contributed by atoms with van der Waals surface area (Å²) >= 11 is 12.5. The van der Waals surface area contributed by atoms with Crippen LogP contribution in [0, 0.1) is 0 Å². The maximum atomic E-state index is 13.4. The number of methoxy groups -OCH3 is 1. The fourth-order valence-corrected chi connectivity index (χ4v) is 4.55. The highest BCUT2D eigenvalue weighted by Gasteiger charge is 2.42. The highest BCUT2D eigenvalue weighted by molar-refractivity contribution is 6.41. The summed E-state index contributed by atoms with van der Waals surface area (Å²) in [6.07, 6.45) is 1.39. The van der Waals surface area contributed by atoms with Gasteiger partial charge >= 0.3 is 0 Å². The Bertz CT molecular complexity index is 1030. The monoisotopic (exact) mass is 444 g/mol. The number of rotatable bonds is 6. The van der Waals surface area contributed by atoms with Crippen molar-refractivity contribution >= 4 is 40.6 Å². The largest absolute Gasteiger partial charge is 0.385 e. The molecule has 0 unspecified atom stereocenters. The molecule has 2 aliphatic heterocycles. The maximum Gasteiger partial charge on any atom is 0.277 e. The number of carbonyl (C=O) groups excluding carboxylic acids is 2. The van der Waals surface area contributed by atoms with Crippen molar-refractivity contribution in [3.63, 3.8) is 0 Å². The molecule has 156 valence electrons. The van der Waals surface area contributed by atoms with Crippen LogP contribution in [0.5, 0.6) is 0 Å². The van der Waals surface area contributed by atoms with E-state index >= 15 is 0 Å². The predicted molar refractivity (Wildman–Crippen MR) is 117 cm³/mol. The predicted octanol–water partition coefficient (Wildman–Crippen LogP) is 4.17. The fraction of sp³-hybridized carbons (Fsp3) is 0.304. The van der Waals surface area contributed by atoms with E-state index in [0.29, 0.717) is 59.5 Å². The zero-order valence-corrected chi connectivity index (χ0v) is 18.2. The zero-order chi connectivity index (χ0) is 21.3. The van der Waals surface area contributed by atoms with Crippen molar-refractivity contribution in [2.24, 2.45) is 0 Å². The lowest BCUT2D eigenvalue weighted by Crippen LogP contribution is -2.38. The summed E-state index contributed by atoms with van der Waals surface area (Å²) in [5, 5.41) is 0.832. The van der Waals surface area contributed by atoms with Gasteiger partial charge in [0.2, 0.25) is 0 Å². The van der Waals surface area contributed by atoms with Crippen molar-refractivity contribution in [3.05, 3.63) is 74.9 Å². The van der Waals surface area contributed by atoms with Crippen molar-refractivity contribution in [2.75, 3.05) is 26.8 Å². The van der Waals surface area contributed by atoms with Crippen molar-refractivity contribution in [1.82, 2.24) is 9.80 Å². The highest BCUT2D eigenvalue weighted by Crippen LogP contribution is 2.37. The second kappa shape index (κ2) is 8.80. The van der Waals surface area contributed by atoms with E-state index in [-0.39, 0.29) is 11.8 Å². The van der Waals surface area contributed by atoms with Gasteiger partial charge < -0.3 is 9.64 Å². The molecule has 0 fully saturated rings. The number of hydrogen-bond acceptors (Lipinski definition) is 4. The quantitative estimate of drug-likeness (QED) is 0.495. The topological polar surface area (TPSA) is 49.9 Å². The highest BCUT2D eigenvalue weighted by atomic mass is 35.5. The Labute approximate surface area is 185 Å². The lowest BCUT2D eigenvalue weighted by atomic mass is 9.98. The Morgan fingerprint density at radius 3 is 2.53 bits per heavy atom. The number of halogens is 2. The average Bonchev–Trinajstić information content (AvgIpc) is 2.98. The Morgan fingerprint density at radius 2 is 1.80 bits per heavy atom. The van der Waals surface area contributed by atoms with Crippen molar-refractivity contribution < 1.29 is 14.3 Å². The van der Waals surface area contributed by atoms with Gasteiger partial charge in [-0.1, -0.05) is 53.5 Å². The number of imide groups is 1. The van der Waals surface area contributed by atoms with Crippen LogP contribution in [0.4, 0.5) is 0 Å². The van der Waals surface area contributed by atoms with Gasteiger partial charge in [0.05, 0.1) is 10.6 Å². The molecule has 0 aromatic heterocycles. The van der Waals surface area contributed by atoms with E-state index in [4.69, 9.17) is 27.9 Å². The molecular formula is C23H22Cl2N2O3. The molecule has 0 bridgehead atoms. The number of hydrogen-bond donors (Lipinski definition) is 0. The number of amides is 2. The lowest BCUT2D eigenvalue weighted by molar-refractivity contribution is -0.137. The van der Waals surface area contributed by atoms with E-state index in [1.54, 1.807) is 25.3 Å². The van der Waals surface area contributed by atoms with Gasteiger partial charge in [-0.25, -0.2) is 0 Å². The molecule has 7 heteroatoms. The molecule has 0 aliphatic carbocycles. The molecular weight excluding hydrogens is 423 g/mol. The second-order valence-electron chi connectivity index (χ2n) is 7.40. The van der Waals surface area contributed by atoms with E-state index in [9.17, 15) is 9.59 Å². The molecule has 0 atom stereocenters. The van der Waals surface area contributed by atoms with Crippen LogP contribution >= 0.6 is 23.2 Å². The average molecular weight is 445 g/mol. The molecule has 2 aliphatic rings. The van der Waals surface area contributed by atoms with Crippen LogP contribution < -0.4 is 0 Å². The van der Waals surface area contributed by atoms with Gasteiger partial charge in [-0.15, -0.1) is 0 Å². The second-order valence-corrected chi connectivity index (χ2v) is 8.24. The summed E-state index contributed by atoms with van der Waals surface area (Å²) in [5.74, 6) is -0.606. The van der Waals surface area contributed by atoms with Crippen molar-refractivity contribution in [2.45, 2.75) is 19.4 Å². The molecule has 0 saturated heterocycles. The first-order valence-electron chi connectivity index (χ1n) is 9.88. The van der Waals surface area contributed by atoms with Crippen molar-refractivity contribution in [3.8, 4) is 0 Å². The first-order valence-corrected chi connectivity index (χ1v) is 10.6. The zero-order valence-electron chi connectivity index (χ0n) is 16.7. The molecule has 5 nitrogen and oxygen atoms in total. The summed E-state index contributed by atoms with van der Waals surface area (Å²) in [4.78, 5) is 30.0. The standard InChI is InChI=1S/C23H22Cl2N2O3/c1-30-12-4-10-27-22(28)20(18-8-7-17(24)13-19(18)25)21(23(27)29)26-11-9-15-5-2-3-6-16(15)14-26/h2-3,5-8,13H,4,9-12,14H2,1H3. The summed E-state index contributed by atoms with van der Waals surface area (Å²) < 4.78 is 5.09. The van der Waals surface area contributed by atoms with Gasteiger partial charge in [0.25, 0.3) is 11.8 Å². The van der Waals surface area contributed by atoms with Gasteiger partial charge in [-0.05, 0) is 36.1 Å². The third kappa shape index (κ3) is 3.85. The van der Waals surface area contributed by atoms with E-state index in [1.165, 1.54) is 10.5 Å². The van der Waals surface area contributed by atoms with Crippen LogP contribution in [0.2, 0.25) is 10.0 Å². The molecule has 0 spiro atoms. The van der Waals surface area contributed by atoms with Gasteiger partial charge in [0.1, 0.15) is 5.70 Å².